The maximum absolute atomic E-state index is 12.4. The van der Waals surface area contributed by atoms with Gasteiger partial charge in [0.1, 0.15) is 0 Å². The minimum atomic E-state index is -0.0395. The van der Waals surface area contributed by atoms with Gasteiger partial charge in [-0.2, -0.15) is 0 Å². The molecule has 0 unspecified atom stereocenters. The fourth-order valence-corrected chi connectivity index (χ4v) is 4.19. The van der Waals surface area contributed by atoms with Crippen molar-refractivity contribution in [3.63, 3.8) is 0 Å². The molecule has 1 aliphatic rings. The van der Waals surface area contributed by atoms with Crippen LogP contribution in [0.4, 0.5) is 5.69 Å². The van der Waals surface area contributed by atoms with Crippen LogP contribution in [0.3, 0.4) is 0 Å². The van der Waals surface area contributed by atoms with E-state index < -0.39 is 0 Å². The zero-order chi connectivity index (χ0) is 14.8. The quantitative estimate of drug-likeness (QED) is 0.663. The van der Waals surface area contributed by atoms with Crippen molar-refractivity contribution in [2.24, 2.45) is 0 Å². The summed E-state index contributed by atoms with van der Waals surface area (Å²) in [6.07, 6.45) is 5.97. The number of carbonyl (C=O) groups is 1. The Morgan fingerprint density at radius 1 is 1.19 bits per heavy atom. The molecule has 0 saturated heterocycles. The standard InChI is InChI=1S/C16H15BrClNOS/c17-12-9-11(6-7-13(12)18)19-16(20)15-8-10-4-2-1-3-5-14(10)21-15/h6-9H,1-5H2,(H,19,20). The number of carbonyl (C=O) groups excluding carboxylic acids is 1. The zero-order valence-electron chi connectivity index (χ0n) is 11.4. The van der Waals surface area contributed by atoms with Crippen LogP contribution < -0.4 is 5.32 Å². The predicted molar refractivity (Wildman–Crippen MR) is 92.7 cm³/mol. The van der Waals surface area contributed by atoms with Crippen LogP contribution in [-0.4, -0.2) is 5.91 Å². The van der Waals surface area contributed by atoms with Gasteiger partial charge in [0.15, 0.2) is 0 Å². The summed E-state index contributed by atoms with van der Waals surface area (Å²) in [5.74, 6) is -0.0395. The molecule has 1 heterocycles. The first-order valence-electron chi connectivity index (χ1n) is 7.01. The Morgan fingerprint density at radius 2 is 2.00 bits per heavy atom. The van der Waals surface area contributed by atoms with Crippen molar-refractivity contribution in [3.05, 3.63) is 49.1 Å². The summed E-state index contributed by atoms with van der Waals surface area (Å²) in [6.45, 7) is 0. The van der Waals surface area contributed by atoms with Crippen molar-refractivity contribution in [1.29, 1.82) is 0 Å². The Kier molecular flexibility index (Phi) is 4.67. The molecule has 1 aromatic heterocycles. The van der Waals surface area contributed by atoms with Gasteiger partial charge in [-0.25, -0.2) is 0 Å². The van der Waals surface area contributed by atoms with Crippen LogP contribution in [0.5, 0.6) is 0 Å². The fourth-order valence-electron chi connectivity index (χ4n) is 2.55. The zero-order valence-corrected chi connectivity index (χ0v) is 14.6. The average Bonchev–Trinajstić information content (AvgIpc) is 2.74. The lowest BCUT2D eigenvalue weighted by Crippen LogP contribution is -2.10. The number of benzene rings is 1. The van der Waals surface area contributed by atoms with E-state index >= 15 is 0 Å². The highest BCUT2D eigenvalue weighted by Crippen LogP contribution is 2.30. The molecule has 0 spiro atoms. The van der Waals surface area contributed by atoms with E-state index in [4.69, 9.17) is 11.6 Å². The number of rotatable bonds is 2. The summed E-state index contributed by atoms with van der Waals surface area (Å²) in [5.41, 5.74) is 2.11. The second kappa shape index (κ2) is 6.51. The van der Waals surface area contributed by atoms with Crippen LogP contribution in [0.25, 0.3) is 0 Å². The van der Waals surface area contributed by atoms with E-state index in [1.807, 2.05) is 12.1 Å². The number of fused-ring (bicyclic) bond motifs is 1. The highest BCUT2D eigenvalue weighted by Gasteiger charge is 2.16. The number of hydrogen-bond donors (Lipinski definition) is 1. The maximum atomic E-state index is 12.4. The minimum absolute atomic E-state index is 0.0395. The predicted octanol–water partition coefficient (Wildman–Crippen LogP) is 5.69. The van der Waals surface area contributed by atoms with E-state index in [-0.39, 0.29) is 5.91 Å². The van der Waals surface area contributed by atoms with Gasteiger partial charge in [-0.05, 0) is 71.4 Å². The van der Waals surface area contributed by atoms with Crippen LogP contribution in [0.1, 0.15) is 39.4 Å². The molecule has 110 valence electrons. The third kappa shape index (κ3) is 3.50. The van der Waals surface area contributed by atoms with Crippen LogP contribution in [0.15, 0.2) is 28.7 Å². The number of thiophene rings is 1. The third-order valence-corrected chi connectivity index (χ3v) is 6.10. The van der Waals surface area contributed by atoms with E-state index in [0.717, 1.165) is 27.9 Å². The molecule has 3 rings (SSSR count). The molecule has 1 aromatic carbocycles. The summed E-state index contributed by atoms with van der Waals surface area (Å²) in [7, 11) is 0. The third-order valence-electron chi connectivity index (χ3n) is 3.65. The highest BCUT2D eigenvalue weighted by molar-refractivity contribution is 9.10. The molecule has 1 amide bonds. The van der Waals surface area contributed by atoms with E-state index in [1.165, 1.54) is 29.7 Å². The first kappa shape index (κ1) is 15.1. The normalized spacial score (nSPS) is 14.4. The molecule has 2 aromatic rings. The molecule has 21 heavy (non-hydrogen) atoms. The lowest BCUT2D eigenvalue weighted by atomic mass is 10.1. The van der Waals surface area contributed by atoms with Gasteiger partial charge < -0.3 is 5.32 Å². The molecule has 0 fully saturated rings. The SMILES string of the molecule is O=C(Nc1ccc(Cl)c(Br)c1)c1cc2c(s1)CCCCC2. The van der Waals surface area contributed by atoms with Gasteiger partial charge in [0.25, 0.3) is 5.91 Å². The summed E-state index contributed by atoms with van der Waals surface area (Å²) < 4.78 is 0.781. The first-order chi connectivity index (χ1) is 10.1. The molecular weight excluding hydrogens is 370 g/mol. The van der Waals surface area contributed by atoms with Crippen molar-refractivity contribution in [2.45, 2.75) is 32.1 Å². The fraction of sp³-hybridized carbons (Fsp3) is 0.312. The summed E-state index contributed by atoms with van der Waals surface area (Å²) >= 11 is 11.0. The Morgan fingerprint density at radius 3 is 2.81 bits per heavy atom. The van der Waals surface area contributed by atoms with Crippen LogP contribution in [0.2, 0.25) is 5.02 Å². The van der Waals surface area contributed by atoms with Gasteiger partial charge in [-0.3, -0.25) is 4.79 Å². The Balaban J connectivity index is 1.77. The van der Waals surface area contributed by atoms with Crippen molar-refractivity contribution in [3.8, 4) is 0 Å². The molecular formula is C16H15BrClNOS. The van der Waals surface area contributed by atoms with Crippen molar-refractivity contribution >= 4 is 50.5 Å². The Bertz CT molecular complexity index is 659. The molecule has 0 radical (unpaired) electrons. The average molecular weight is 385 g/mol. The van der Waals surface area contributed by atoms with Gasteiger partial charge in [-0.1, -0.05) is 18.0 Å². The van der Waals surface area contributed by atoms with E-state index in [1.54, 1.807) is 17.4 Å². The van der Waals surface area contributed by atoms with Crippen molar-refractivity contribution in [2.75, 3.05) is 5.32 Å². The number of hydrogen-bond acceptors (Lipinski definition) is 2. The second-order valence-corrected chi connectivity index (χ2v) is 7.60. The first-order valence-corrected chi connectivity index (χ1v) is 9.00. The monoisotopic (exact) mass is 383 g/mol. The number of amides is 1. The number of anilines is 1. The molecule has 1 N–H and O–H groups in total. The van der Waals surface area contributed by atoms with Crippen molar-refractivity contribution in [1.82, 2.24) is 0 Å². The summed E-state index contributed by atoms with van der Waals surface area (Å²) in [5, 5.41) is 3.57. The van der Waals surface area contributed by atoms with Gasteiger partial charge in [-0.15, -0.1) is 11.3 Å². The summed E-state index contributed by atoms with van der Waals surface area (Å²) in [4.78, 5) is 14.5. The van der Waals surface area contributed by atoms with E-state index in [9.17, 15) is 4.79 Å². The second-order valence-electron chi connectivity index (χ2n) is 5.20. The highest BCUT2D eigenvalue weighted by atomic mass is 79.9. The maximum Gasteiger partial charge on any atom is 0.265 e. The van der Waals surface area contributed by atoms with Crippen LogP contribution in [0, 0.1) is 0 Å². The lowest BCUT2D eigenvalue weighted by Gasteiger charge is -2.05. The smallest absolute Gasteiger partial charge is 0.265 e. The number of nitrogens with one attached hydrogen (secondary N) is 1. The van der Waals surface area contributed by atoms with Gasteiger partial charge in [0.2, 0.25) is 0 Å². The van der Waals surface area contributed by atoms with E-state index in [0.29, 0.717) is 5.02 Å². The topological polar surface area (TPSA) is 29.1 Å². The van der Waals surface area contributed by atoms with Crippen LogP contribution in [-0.2, 0) is 12.8 Å². The molecule has 0 aliphatic heterocycles. The molecule has 0 saturated carbocycles. The number of halogens is 2. The molecule has 0 bridgehead atoms. The molecule has 5 heteroatoms. The molecule has 2 nitrogen and oxygen atoms in total. The Hall–Kier alpha value is -0.840. The van der Waals surface area contributed by atoms with Gasteiger partial charge in [0, 0.05) is 15.0 Å². The number of aryl methyl sites for hydroxylation is 2. The summed E-state index contributed by atoms with van der Waals surface area (Å²) in [6, 6.07) is 7.46. The minimum Gasteiger partial charge on any atom is -0.321 e. The van der Waals surface area contributed by atoms with Gasteiger partial charge in [0.05, 0.1) is 9.90 Å². The van der Waals surface area contributed by atoms with Crippen LogP contribution >= 0.6 is 38.9 Å². The molecule has 1 aliphatic carbocycles. The molecule has 0 atom stereocenters. The largest absolute Gasteiger partial charge is 0.321 e. The van der Waals surface area contributed by atoms with Crippen molar-refractivity contribution < 1.29 is 4.79 Å². The Labute approximate surface area is 141 Å². The lowest BCUT2D eigenvalue weighted by molar-refractivity contribution is 0.103. The van der Waals surface area contributed by atoms with Gasteiger partial charge >= 0.3 is 0 Å². The van der Waals surface area contributed by atoms with E-state index in [2.05, 4.69) is 27.3 Å².